The molecule has 98 valence electrons. The van der Waals surface area contributed by atoms with Crippen molar-refractivity contribution in [3.05, 3.63) is 47.5 Å². The van der Waals surface area contributed by atoms with Gasteiger partial charge in [0.15, 0.2) is 0 Å². The topological polar surface area (TPSA) is 41.1 Å². The molecule has 2 N–H and O–H groups in total. The Morgan fingerprint density at radius 3 is 2.67 bits per heavy atom. The normalized spacial score (nSPS) is 11.9. The number of hydrogen-bond acceptors (Lipinski definition) is 2. The third kappa shape index (κ3) is 4.90. The summed E-state index contributed by atoms with van der Waals surface area (Å²) >= 11 is 5.77. The van der Waals surface area contributed by atoms with Crippen LogP contribution in [0.5, 0.6) is 0 Å². The van der Waals surface area contributed by atoms with Gasteiger partial charge < -0.3 is 0 Å². The number of rotatable bonds is 7. The van der Waals surface area contributed by atoms with Gasteiger partial charge in [-0.1, -0.05) is 31.0 Å². The molecule has 0 saturated heterocycles. The molecule has 1 amide bonds. The zero-order valence-electron chi connectivity index (χ0n) is 10.6. The van der Waals surface area contributed by atoms with Crippen LogP contribution in [0.1, 0.15) is 36.5 Å². The number of hydrogen-bond donors (Lipinski definition) is 2. The van der Waals surface area contributed by atoms with E-state index in [4.69, 9.17) is 11.6 Å². The molecule has 0 aliphatic heterocycles. The average Bonchev–Trinajstić information content (AvgIpc) is 2.37. The lowest BCUT2D eigenvalue weighted by Gasteiger charge is -2.17. The second-order valence-electron chi connectivity index (χ2n) is 4.12. The van der Waals surface area contributed by atoms with Crippen molar-refractivity contribution in [3.8, 4) is 0 Å². The highest BCUT2D eigenvalue weighted by molar-refractivity contribution is 6.30. The van der Waals surface area contributed by atoms with Crippen LogP contribution in [0.15, 0.2) is 36.9 Å². The molecule has 0 radical (unpaired) electrons. The number of nitrogens with one attached hydrogen (secondary N) is 2. The lowest BCUT2D eigenvalue weighted by atomic mass is 10.1. The van der Waals surface area contributed by atoms with Crippen molar-refractivity contribution in [1.82, 2.24) is 10.9 Å². The Kier molecular flexibility index (Phi) is 6.47. The molecular formula is C14H19ClN2O. The van der Waals surface area contributed by atoms with Gasteiger partial charge in [0.1, 0.15) is 0 Å². The molecule has 1 aromatic carbocycles. The Morgan fingerprint density at radius 1 is 1.44 bits per heavy atom. The van der Waals surface area contributed by atoms with Gasteiger partial charge in [-0.3, -0.25) is 10.2 Å². The summed E-state index contributed by atoms with van der Waals surface area (Å²) in [6.45, 7) is 5.82. The van der Waals surface area contributed by atoms with Crippen molar-refractivity contribution in [1.29, 1.82) is 0 Å². The summed E-state index contributed by atoms with van der Waals surface area (Å²) in [4.78, 5) is 11.8. The largest absolute Gasteiger partial charge is 0.287 e. The van der Waals surface area contributed by atoms with Crippen LogP contribution in [-0.2, 0) is 0 Å². The molecule has 0 heterocycles. The average molecular weight is 267 g/mol. The van der Waals surface area contributed by atoms with E-state index in [9.17, 15) is 4.79 Å². The maximum Gasteiger partial charge on any atom is 0.265 e. The Hall–Kier alpha value is -1.32. The second kappa shape index (κ2) is 7.90. The van der Waals surface area contributed by atoms with Crippen molar-refractivity contribution >= 4 is 17.5 Å². The van der Waals surface area contributed by atoms with Crippen LogP contribution in [0.3, 0.4) is 0 Å². The second-order valence-corrected chi connectivity index (χ2v) is 4.55. The van der Waals surface area contributed by atoms with Gasteiger partial charge in [0.25, 0.3) is 5.91 Å². The van der Waals surface area contributed by atoms with Gasteiger partial charge in [0.05, 0.1) is 0 Å². The molecule has 1 aromatic rings. The van der Waals surface area contributed by atoms with Gasteiger partial charge in [0.2, 0.25) is 0 Å². The van der Waals surface area contributed by atoms with E-state index in [1.165, 1.54) is 0 Å². The third-order valence-corrected chi connectivity index (χ3v) is 2.84. The predicted molar refractivity (Wildman–Crippen MR) is 75.6 cm³/mol. The quantitative estimate of drug-likeness (QED) is 0.587. The molecule has 1 unspecified atom stereocenters. The molecule has 3 nitrogen and oxygen atoms in total. The molecule has 0 bridgehead atoms. The van der Waals surface area contributed by atoms with Crippen LogP contribution in [0.25, 0.3) is 0 Å². The number of carbonyl (C=O) groups is 1. The van der Waals surface area contributed by atoms with E-state index in [-0.39, 0.29) is 11.9 Å². The summed E-state index contributed by atoms with van der Waals surface area (Å²) < 4.78 is 0. The maximum absolute atomic E-state index is 11.8. The lowest BCUT2D eigenvalue weighted by molar-refractivity contribution is 0.0924. The maximum atomic E-state index is 11.8. The van der Waals surface area contributed by atoms with Crippen LogP contribution in [0.4, 0.5) is 0 Å². The summed E-state index contributed by atoms with van der Waals surface area (Å²) in [6.07, 6.45) is 4.73. The van der Waals surface area contributed by atoms with Crippen molar-refractivity contribution in [2.24, 2.45) is 0 Å². The molecule has 4 heteroatoms. The van der Waals surface area contributed by atoms with E-state index in [1.54, 1.807) is 24.3 Å². The Balaban J connectivity index is 2.48. The number of benzene rings is 1. The van der Waals surface area contributed by atoms with Crippen LogP contribution in [-0.4, -0.2) is 11.9 Å². The molecule has 0 spiro atoms. The SMILES string of the molecule is C=CCC(CCC)NNC(=O)c1ccc(Cl)cc1. The minimum absolute atomic E-state index is 0.156. The first-order valence-electron chi connectivity index (χ1n) is 6.09. The summed E-state index contributed by atoms with van der Waals surface area (Å²) in [5, 5.41) is 0.620. The number of carbonyl (C=O) groups excluding carboxylic acids is 1. The molecule has 0 fully saturated rings. The standard InChI is InChI=1S/C14H19ClN2O/c1-3-5-13(6-4-2)16-17-14(18)11-7-9-12(15)10-8-11/h3,7-10,13,16H,1,4-6H2,2H3,(H,17,18). The predicted octanol–water partition coefficient (Wildman–Crippen LogP) is 3.32. The van der Waals surface area contributed by atoms with E-state index >= 15 is 0 Å². The molecule has 0 saturated carbocycles. The Bertz CT molecular complexity index is 389. The van der Waals surface area contributed by atoms with Gasteiger partial charge in [0, 0.05) is 16.6 Å². The molecule has 18 heavy (non-hydrogen) atoms. The summed E-state index contributed by atoms with van der Waals surface area (Å²) in [6, 6.07) is 7.01. The van der Waals surface area contributed by atoms with Crippen molar-refractivity contribution in [2.75, 3.05) is 0 Å². The first-order chi connectivity index (χ1) is 8.67. The first-order valence-corrected chi connectivity index (χ1v) is 6.47. The van der Waals surface area contributed by atoms with E-state index in [0.717, 1.165) is 19.3 Å². The Morgan fingerprint density at radius 2 is 2.11 bits per heavy atom. The van der Waals surface area contributed by atoms with Crippen molar-refractivity contribution in [3.63, 3.8) is 0 Å². The van der Waals surface area contributed by atoms with Gasteiger partial charge >= 0.3 is 0 Å². The first kappa shape index (κ1) is 14.7. The van der Waals surface area contributed by atoms with Crippen LogP contribution >= 0.6 is 11.6 Å². The zero-order valence-corrected chi connectivity index (χ0v) is 11.3. The van der Waals surface area contributed by atoms with Gasteiger partial charge in [-0.05, 0) is 37.1 Å². The smallest absolute Gasteiger partial charge is 0.265 e. The number of amides is 1. The minimum atomic E-state index is -0.156. The van der Waals surface area contributed by atoms with Gasteiger partial charge in [-0.15, -0.1) is 6.58 Å². The monoisotopic (exact) mass is 266 g/mol. The molecule has 0 aliphatic rings. The van der Waals surface area contributed by atoms with Crippen molar-refractivity contribution in [2.45, 2.75) is 32.2 Å². The molecule has 1 rings (SSSR count). The summed E-state index contributed by atoms with van der Waals surface area (Å²) in [5.74, 6) is -0.156. The van der Waals surface area contributed by atoms with E-state index in [0.29, 0.717) is 10.6 Å². The molecule has 0 aliphatic carbocycles. The van der Waals surface area contributed by atoms with E-state index < -0.39 is 0 Å². The summed E-state index contributed by atoms with van der Waals surface area (Å²) in [7, 11) is 0. The van der Waals surface area contributed by atoms with Crippen LogP contribution in [0, 0.1) is 0 Å². The fourth-order valence-corrected chi connectivity index (χ4v) is 1.77. The van der Waals surface area contributed by atoms with E-state index in [1.807, 2.05) is 6.08 Å². The molecular weight excluding hydrogens is 248 g/mol. The van der Waals surface area contributed by atoms with Crippen LogP contribution in [0.2, 0.25) is 5.02 Å². The lowest BCUT2D eigenvalue weighted by Crippen LogP contribution is -2.44. The van der Waals surface area contributed by atoms with E-state index in [2.05, 4.69) is 24.4 Å². The minimum Gasteiger partial charge on any atom is -0.287 e. The van der Waals surface area contributed by atoms with Gasteiger partial charge in [-0.2, -0.15) is 0 Å². The highest BCUT2D eigenvalue weighted by Crippen LogP contribution is 2.09. The summed E-state index contributed by atoms with van der Waals surface area (Å²) in [5.41, 5.74) is 6.32. The third-order valence-electron chi connectivity index (χ3n) is 2.58. The molecule has 0 aromatic heterocycles. The molecule has 1 atom stereocenters. The Labute approximate surface area is 113 Å². The van der Waals surface area contributed by atoms with Crippen molar-refractivity contribution < 1.29 is 4.79 Å². The highest BCUT2D eigenvalue weighted by atomic mass is 35.5. The number of halogens is 1. The highest BCUT2D eigenvalue weighted by Gasteiger charge is 2.08. The van der Waals surface area contributed by atoms with Crippen LogP contribution < -0.4 is 10.9 Å². The fraction of sp³-hybridized carbons (Fsp3) is 0.357. The fourth-order valence-electron chi connectivity index (χ4n) is 1.64. The number of hydrazine groups is 1. The zero-order chi connectivity index (χ0) is 13.4. The van der Waals surface area contributed by atoms with Gasteiger partial charge in [-0.25, -0.2) is 5.43 Å².